The van der Waals surface area contributed by atoms with E-state index in [0.29, 0.717) is 5.92 Å². The van der Waals surface area contributed by atoms with Gasteiger partial charge in [0.05, 0.1) is 0 Å². The zero-order valence-electron chi connectivity index (χ0n) is 11.7. The molecule has 0 aromatic heterocycles. The Hall–Kier alpha value is -1.38. The van der Waals surface area contributed by atoms with E-state index in [1.165, 1.54) is 0 Å². The van der Waals surface area contributed by atoms with Crippen LogP contribution in [0.2, 0.25) is 0 Å². The van der Waals surface area contributed by atoms with Gasteiger partial charge in [-0.15, -0.1) is 0 Å². The molecule has 1 aliphatic carbocycles. The zero-order chi connectivity index (χ0) is 14.1. The van der Waals surface area contributed by atoms with Crippen LogP contribution in [0.15, 0.2) is 24.3 Å². The largest absolute Gasteiger partial charge is 0.481 e. The normalized spacial score (nSPS) is 22.5. The summed E-state index contributed by atoms with van der Waals surface area (Å²) < 4.78 is 0. The lowest BCUT2D eigenvalue weighted by molar-refractivity contribution is -0.137. The number of hydrogen-bond acceptors (Lipinski definition) is 2. The molecule has 19 heavy (non-hydrogen) atoms. The predicted octanol–water partition coefficient (Wildman–Crippen LogP) is 3.75. The second-order valence-corrected chi connectivity index (χ2v) is 5.14. The molecular weight excluding hydrogens is 240 g/mol. The van der Waals surface area contributed by atoms with Crippen LogP contribution < -0.4 is 0 Å². The molecule has 0 saturated heterocycles. The van der Waals surface area contributed by atoms with Crippen LogP contribution >= 0.6 is 0 Å². The minimum absolute atomic E-state index is 0.113. The number of hydrogen-bond donors (Lipinski definition) is 1. The summed E-state index contributed by atoms with van der Waals surface area (Å²) in [5, 5.41) is 8.56. The van der Waals surface area contributed by atoms with E-state index in [9.17, 15) is 9.59 Å². The number of ketones is 1. The van der Waals surface area contributed by atoms with Gasteiger partial charge in [0, 0.05) is 12.3 Å². The minimum Gasteiger partial charge on any atom is -0.481 e. The number of carbonyl (C=O) groups is 2. The molecule has 3 nitrogen and oxygen atoms in total. The van der Waals surface area contributed by atoms with E-state index in [1.807, 2.05) is 6.08 Å². The van der Waals surface area contributed by atoms with E-state index < -0.39 is 5.97 Å². The number of aliphatic carboxylic acids is 1. The van der Waals surface area contributed by atoms with Gasteiger partial charge in [0.1, 0.15) is 0 Å². The van der Waals surface area contributed by atoms with Gasteiger partial charge in [-0.1, -0.05) is 38.0 Å². The molecule has 1 rings (SSSR count). The molecule has 106 valence electrons. The summed E-state index contributed by atoms with van der Waals surface area (Å²) in [6.07, 6.45) is 13.7. The third kappa shape index (κ3) is 5.86. The van der Waals surface area contributed by atoms with Crippen molar-refractivity contribution in [2.75, 3.05) is 0 Å². The van der Waals surface area contributed by atoms with Gasteiger partial charge in [-0.05, 0) is 37.7 Å². The fourth-order valence-electron chi connectivity index (χ4n) is 2.52. The van der Waals surface area contributed by atoms with Crippen molar-refractivity contribution in [2.24, 2.45) is 11.8 Å². The lowest BCUT2D eigenvalue weighted by Crippen LogP contribution is -2.15. The highest BCUT2D eigenvalue weighted by molar-refractivity contribution is 5.94. The first kappa shape index (κ1) is 15.7. The summed E-state index contributed by atoms with van der Waals surface area (Å²) in [5.41, 5.74) is 0. The van der Waals surface area contributed by atoms with Crippen molar-refractivity contribution in [2.45, 2.75) is 51.9 Å². The summed E-state index contributed by atoms with van der Waals surface area (Å²) in [6, 6.07) is 0. The molecule has 0 saturated carbocycles. The number of allylic oxidation sites excluding steroid dienone is 4. The fourth-order valence-corrected chi connectivity index (χ4v) is 2.52. The molecule has 0 heterocycles. The van der Waals surface area contributed by atoms with Gasteiger partial charge in [-0.2, -0.15) is 0 Å². The first-order valence-electron chi connectivity index (χ1n) is 7.24. The Balaban J connectivity index is 2.27. The number of rotatable bonds is 9. The van der Waals surface area contributed by atoms with Gasteiger partial charge >= 0.3 is 5.97 Å². The predicted molar refractivity (Wildman–Crippen MR) is 75.9 cm³/mol. The van der Waals surface area contributed by atoms with Crippen LogP contribution in [0, 0.1) is 11.8 Å². The van der Waals surface area contributed by atoms with Gasteiger partial charge < -0.3 is 5.11 Å². The van der Waals surface area contributed by atoms with E-state index in [0.717, 1.165) is 38.5 Å². The van der Waals surface area contributed by atoms with Crippen LogP contribution in [0.5, 0.6) is 0 Å². The van der Waals surface area contributed by atoms with Crippen LogP contribution in [-0.2, 0) is 9.59 Å². The maximum atomic E-state index is 11.8. The molecule has 0 amide bonds. The molecule has 0 spiro atoms. The summed E-state index contributed by atoms with van der Waals surface area (Å²) in [5.74, 6) is -0.0177. The molecule has 0 aliphatic heterocycles. The Morgan fingerprint density at radius 2 is 2.11 bits per heavy atom. The molecule has 1 aliphatic rings. The molecule has 0 radical (unpaired) electrons. The van der Waals surface area contributed by atoms with Gasteiger partial charge in [-0.3, -0.25) is 9.59 Å². The van der Waals surface area contributed by atoms with Gasteiger partial charge in [0.25, 0.3) is 0 Å². The monoisotopic (exact) mass is 264 g/mol. The van der Waals surface area contributed by atoms with E-state index >= 15 is 0 Å². The Morgan fingerprint density at radius 3 is 2.79 bits per heavy atom. The Labute approximate surface area is 115 Å². The highest BCUT2D eigenvalue weighted by Crippen LogP contribution is 2.30. The van der Waals surface area contributed by atoms with Crippen LogP contribution in [0.25, 0.3) is 0 Å². The third-order valence-corrected chi connectivity index (χ3v) is 3.61. The van der Waals surface area contributed by atoms with Gasteiger partial charge in [-0.25, -0.2) is 0 Å². The van der Waals surface area contributed by atoms with E-state index in [1.54, 1.807) is 6.08 Å². The van der Waals surface area contributed by atoms with Gasteiger partial charge in [0.15, 0.2) is 5.78 Å². The lowest BCUT2D eigenvalue weighted by atomic mass is 9.87. The van der Waals surface area contributed by atoms with Crippen molar-refractivity contribution in [1.82, 2.24) is 0 Å². The fraction of sp³-hybridized carbons (Fsp3) is 0.625. The Kier molecular flexibility index (Phi) is 7.16. The Morgan fingerprint density at radius 1 is 1.32 bits per heavy atom. The van der Waals surface area contributed by atoms with Crippen LogP contribution in [0.3, 0.4) is 0 Å². The number of unbranched alkanes of at least 4 members (excludes halogenated alkanes) is 2. The maximum Gasteiger partial charge on any atom is 0.303 e. The van der Waals surface area contributed by atoms with Crippen molar-refractivity contribution in [3.63, 3.8) is 0 Å². The molecule has 2 atom stereocenters. The standard InChI is InChI=1S/C16H24O3/c1-2-3-5-9-14-13(11-12-15(14)17)8-6-4-7-10-16(18)19/h3,5,11-14H,2,4,6-10H2,1H3,(H,18,19)/b5-3-/t13-,14-/m1/s1. The minimum atomic E-state index is -0.724. The number of carbonyl (C=O) groups excluding carboxylic acids is 1. The van der Waals surface area contributed by atoms with Gasteiger partial charge in [0.2, 0.25) is 0 Å². The number of carboxylic acid groups (broad SMARTS) is 1. The van der Waals surface area contributed by atoms with E-state index in [2.05, 4.69) is 19.1 Å². The van der Waals surface area contributed by atoms with Crippen LogP contribution in [0.4, 0.5) is 0 Å². The molecule has 0 aromatic carbocycles. The highest BCUT2D eigenvalue weighted by atomic mass is 16.4. The maximum absolute atomic E-state index is 11.8. The van der Waals surface area contributed by atoms with Crippen molar-refractivity contribution < 1.29 is 14.7 Å². The molecule has 0 aromatic rings. The summed E-state index contributed by atoms with van der Waals surface area (Å²) >= 11 is 0. The van der Waals surface area contributed by atoms with Crippen LogP contribution in [-0.4, -0.2) is 16.9 Å². The molecule has 1 N–H and O–H groups in total. The molecule has 0 fully saturated rings. The molecule has 3 heteroatoms. The quantitative estimate of drug-likeness (QED) is 0.509. The van der Waals surface area contributed by atoms with E-state index in [4.69, 9.17) is 5.11 Å². The zero-order valence-corrected chi connectivity index (χ0v) is 11.7. The lowest BCUT2D eigenvalue weighted by Gasteiger charge is -2.16. The average molecular weight is 264 g/mol. The van der Waals surface area contributed by atoms with Crippen molar-refractivity contribution in [3.05, 3.63) is 24.3 Å². The first-order valence-corrected chi connectivity index (χ1v) is 7.24. The molecular formula is C16H24O3. The summed E-state index contributed by atoms with van der Waals surface area (Å²) in [7, 11) is 0. The third-order valence-electron chi connectivity index (χ3n) is 3.61. The second-order valence-electron chi connectivity index (χ2n) is 5.14. The second kappa shape index (κ2) is 8.68. The SMILES string of the molecule is CC/C=C\C[C@H]1C(=O)C=C[C@H]1CCCCCC(=O)O. The highest BCUT2D eigenvalue weighted by Gasteiger charge is 2.28. The molecule has 0 bridgehead atoms. The Bertz CT molecular complexity index is 355. The van der Waals surface area contributed by atoms with Crippen molar-refractivity contribution in [1.29, 1.82) is 0 Å². The van der Waals surface area contributed by atoms with Crippen molar-refractivity contribution in [3.8, 4) is 0 Å². The smallest absolute Gasteiger partial charge is 0.303 e. The molecule has 0 unspecified atom stereocenters. The summed E-state index contributed by atoms with van der Waals surface area (Å²) in [6.45, 7) is 2.09. The van der Waals surface area contributed by atoms with Crippen LogP contribution in [0.1, 0.15) is 51.9 Å². The number of carboxylic acids is 1. The summed E-state index contributed by atoms with van der Waals surface area (Å²) in [4.78, 5) is 22.2. The average Bonchev–Trinajstić information content (AvgIpc) is 2.71. The topological polar surface area (TPSA) is 54.4 Å². The van der Waals surface area contributed by atoms with Crippen molar-refractivity contribution >= 4 is 11.8 Å². The first-order chi connectivity index (χ1) is 9.15. The van der Waals surface area contributed by atoms with E-state index in [-0.39, 0.29) is 18.1 Å².